The van der Waals surface area contributed by atoms with Crippen LogP contribution in [0, 0.1) is 5.92 Å². The van der Waals surface area contributed by atoms with Crippen LogP contribution >= 0.6 is 12.4 Å². The van der Waals surface area contributed by atoms with E-state index in [-0.39, 0.29) is 35.0 Å². The molecular weight excluding hydrogens is 388 g/mol. The van der Waals surface area contributed by atoms with E-state index in [1.807, 2.05) is 25.5 Å². The minimum Gasteiger partial charge on any atom is -0.337 e. The lowest BCUT2D eigenvalue weighted by molar-refractivity contribution is 0.0939. The summed E-state index contributed by atoms with van der Waals surface area (Å²) in [6, 6.07) is 5.84. The molecular formula is C18H25ClN4O3S. The van der Waals surface area contributed by atoms with Gasteiger partial charge in [-0.25, -0.2) is 13.4 Å². The van der Waals surface area contributed by atoms with Crippen LogP contribution < -0.4 is 5.32 Å². The third-order valence-corrected chi connectivity index (χ3v) is 6.54. The maximum atomic E-state index is 13.2. The molecule has 0 spiro atoms. The van der Waals surface area contributed by atoms with E-state index in [9.17, 15) is 13.2 Å². The molecule has 1 aromatic heterocycles. The molecule has 1 atom stereocenters. The molecule has 1 fully saturated rings. The lowest BCUT2D eigenvalue weighted by Crippen LogP contribution is -2.49. The van der Waals surface area contributed by atoms with Gasteiger partial charge in [-0.3, -0.25) is 4.79 Å². The summed E-state index contributed by atoms with van der Waals surface area (Å²) in [5.74, 6) is 0.577. The molecule has 7 nitrogen and oxygen atoms in total. The third-order valence-electron chi connectivity index (χ3n) is 4.62. The van der Waals surface area contributed by atoms with E-state index in [0.29, 0.717) is 31.0 Å². The Kier molecular flexibility index (Phi) is 6.80. The summed E-state index contributed by atoms with van der Waals surface area (Å²) in [6.07, 6.45) is 3.47. The van der Waals surface area contributed by atoms with Crippen molar-refractivity contribution in [1.82, 2.24) is 19.2 Å². The maximum absolute atomic E-state index is 13.2. The smallest absolute Gasteiger partial charge is 0.243 e. The number of rotatable bonds is 5. The molecule has 27 heavy (non-hydrogen) atoms. The molecule has 0 aliphatic carbocycles. The van der Waals surface area contributed by atoms with Gasteiger partial charge in [0.05, 0.1) is 10.9 Å². The average molecular weight is 413 g/mol. The fraction of sp³-hybridized carbons (Fsp3) is 0.444. The first-order valence-corrected chi connectivity index (χ1v) is 10.1. The van der Waals surface area contributed by atoms with Crippen molar-refractivity contribution in [3.8, 4) is 0 Å². The van der Waals surface area contributed by atoms with E-state index in [4.69, 9.17) is 0 Å². The minimum absolute atomic E-state index is 0. The van der Waals surface area contributed by atoms with Gasteiger partial charge in [-0.05, 0) is 12.1 Å². The average Bonchev–Trinajstić information content (AvgIpc) is 3.07. The Labute approximate surface area is 166 Å². The second-order valence-corrected chi connectivity index (χ2v) is 8.67. The number of hydrogen-bond acceptors (Lipinski definition) is 5. The molecule has 1 unspecified atom stereocenters. The Morgan fingerprint density at radius 3 is 2.48 bits per heavy atom. The number of nitrogens with zero attached hydrogens (tertiary/aromatic N) is 3. The number of aromatic nitrogens is 2. The Hall–Kier alpha value is -1.74. The van der Waals surface area contributed by atoms with E-state index in [0.717, 1.165) is 0 Å². The quantitative estimate of drug-likeness (QED) is 0.759. The summed E-state index contributed by atoms with van der Waals surface area (Å²) >= 11 is 0. The molecule has 1 aromatic carbocycles. The van der Waals surface area contributed by atoms with Crippen LogP contribution in [0.25, 0.3) is 0 Å². The van der Waals surface area contributed by atoms with Crippen LogP contribution in [0.1, 0.15) is 36.1 Å². The van der Waals surface area contributed by atoms with Gasteiger partial charge >= 0.3 is 0 Å². The number of nitrogens with one attached hydrogen (secondary N) is 1. The maximum Gasteiger partial charge on any atom is 0.243 e. The zero-order valence-electron chi connectivity index (χ0n) is 15.6. The molecule has 0 saturated carbocycles. The zero-order chi connectivity index (χ0) is 18.9. The van der Waals surface area contributed by atoms with Crippen LogP contribution in [0.2, 0.25) is 0 Å². The molecule has 1 aliphatic heterocycles. The van der Waals surface area contributed by atoms with Crippen LogP contribution in [-0.2, 0) is 17.1 Å². The molecule has 2 aromatic rings. The lowest BCUT2D eigenvalue weighted by atomic mass is 10.0. The fourth-order valence-corrected chi connectivity index (χ4v) is 4.74. The SMILES string of the molecule is CC(C)C(=O)c1ccc(S(=O)(=O)N2CCNCC2c2nccn2C)cc1.Cl. The number of sulfonamides is 1. The normalized spacial score (nSPS) is 18.3. The van der Waals surface area contributed by atoms with E-state index >= 15 is 0 Å². The molecule has 148 valence electrons. The number of imidazole rings is 1. The molecule has 2 heterocycles. The molecule has 3 rings (SSSR count). The van der Waals surface area contributed by atoms with Crippen molar-refractivity contribution in [1.29, 1.82) is 0 Å². The highest BCUT2D eigenvalue weighted by atomic mass is 35.5. The van der Waals surface area contributed by atoms with Crippen molar-refractivity contribution in [2.75, 3.05) is 19.6 Å². The lowest BCUT2D eigenvalue weighted by Gasteiger charge is -2.34. The standard InChI is InChI=1S/C18H24N4O3S.ClH/c1-13(2)17(23)14-4-6-15(7-5-14)26(24,25)22-11-8-19-12-16(22)18-20-9-10-21(18)3;/h4-7,9-10,13,16,19H,8,11-12H2,1-3H3;1H. The highest BCUT2D eigenvalue weighted by Gasteiger charge is 2.36. The van der Waals surface area contributed by atoms with Gasteiger partial charge in [0.15, 0.2) is 5.78 Å². The second-order valence-electron chi connectivity index (χ2n) is 6.78. The van der Waals surface area contributed by atoms with Crippen molar-refractivity contribution in [3.05, 3.63) is 48.0 Å². The number of halogens is 1. The molecule has 9 heteroatoms. The van der Waals surface area contributed by atoms with Crippen LogP contribution in [0.3, 0.4) is 0 Å². The highest BCUT2D eigenvalue weighted by molar-refractivity contribution is 7.89. The van der Waals surface area contributed by atoms with E-state index in [1.54, 1.807) is 24.5 Å². The fourth-order valence-electron chi connectivity index (χ4n) is 3.15. The van der Waals surface area contributed by atoms with Gasteiger partial charge in [0.2, 0.25) is 10.0 Å². The van der Waals surface area contributed by atoms with Gasteiger partial charge in [0.25, 0.3) is 0 Å². The van der Waals surface area contributed by atoms with Crippen LogP contribution in [0.5, 0.6) is 0 Å². The number of carbonyl (C=O) groups excluding carboxylic acids is 1. The Bertz CT molecular complexity index is 894. The van der Waals surface area contributed by atoms with Gasteiger partial charge < -0.3 is 9.88 Å². The summed E-state index contributed by atoms with van der Waals surface area (Å²) in [6.45, 7) is 5.11. The van der Waals surface area contributed by atoms with Crippen molar-refractivity contribution in [2.45, 2.75) is 24.8 Å². The predicted molar refractivity (Wildman–Crippen MR) is 106 cm³/mol. The van der Waals surface area contributed by atoms with Gasteiger partial charge in [-0.1, -0.05) is 26.0 Å². The molecule has 1 N–H and O–H groups in total. The Balaban J connectivity index is 0.00000261. The van der Waals surface area contributed by atoms with Gasteiger partial charge in [-0.2, -0.15) is 4.31 Å². The monoisotopic (exact) mass is 412 g/mol. The van der Waals surface area contributed by atoms with E-state index in [1.165, 1.54) is 16.4 Å². The first kappa shape index (κ1) is 21.6. The first-order valence-electron chi connectivity index (χ1n) is 8.66. The molecule has 0 bridgehead atoms. The topological polar surface area (TPSA) is 84.3 Å². The molecule has 0 amide bonds. The van der Waals surface area contributed by atoms with Crippen LogP contribution in [0.15, 0.2) is 41.6 Å². The number of piperazine rings is 1. The van der Waals surface area contributed by atoms with Gasteiger partial charge in [0.1, 0.15) is 5.82 Å². The summed E-state index contributed by atoms with van der Waals surface area (Å²) in [5, 5.41) is 3.24. The number of benzene rings is 1. The number of ketones is 1. The summed E-state index contributed by atoms with van der Waals surface area (Å²) in [4.78, 5) is 16.6. The summed E-state index contributed by atoms with van der Waals surface area (Å²) in [5.41, 5.74) is 0.528. The molecule has 0 radical (unpaired) electrons. The largest absolute Gasteiger partial charge is 0.337 e. The number of carbonyl (C=O) groups is 1. The molecule has 1 saturated heterocycles. The number of Topliss-reactive ketones (excluding diaryl/α,β-unsaturated/α-hetero) is 1. The van der Waals surface area contributed by atoms with Crippen molar-refractivity contribution < 1.29 is 13.2 Å². The van der Waals surface area contributed by atoms with Crippen LogP contribution in [-0.4, -0.2) is 47.7 Å². The first-order chi connectivity index (χ1) is 12.3. The molecule has 1 aliphatic rings. The minimum atomic E-state index is -3.69. The summed E-state index contributed by atoms with van der Waals surface area (Å²) in [7, 11) is -1.83. The Morgan fingerprint density at radius 1 is 1.26 bits per heavy atom. The predicted octanol–water partition coefficient (Wildman–Crippen LogP) is 2.02. The Morgan fingerprint density at radius 2 is 1.93 bits per heavy atom. The zero-order valence-corrected chi connectivity index (χ0v) is 17.3. The van der Waals surface area contributed by atoms with E-state index < -0.39 is 10.0 Å². The van der Waals surface area contributed by atoms with Gasteiger partial charge in [-0.15, -0.1) is 12.4 Å². The van der Waals surface area contributed by atoms with E-state index in [2.05, 4.69) is 10.3 Å². The highest BCUT2D eigenvalue weighted by Crippen LogP contribution is 2.28. The third kappa shape index (κ3) is 4.24. The number of hydrogen-bond donors (Lipinski definition) is 1. The van der Waals surface area contributed by atoms with Gasteiger partial charge in [0, 0.05) is 50.6 Å². The number of aryl methyl sites for hydroxylation is 1. The summed E-state index contributed by atoms with van der Waals surface area (Å²) < 4.78 is 29.7. The second kappa shape index (κ2) is 8.52. The van der Waals surface area contributed by atoms with Crippen LogP contribution in [0.4, 0.5) is 0 Å². The van der Waals surface area contributed by atoms with Crippen molar-refractivity contribution in [2.24, 2.45) is 13.0 Å². The van der Waals surface area contributed by atoms with Crippen molar-refractivity contribution >= 4 is 28.2 Å². The van der Waals surface area contributed by atoms with Crippen molar-refractivity contribution in [3.63, 3.8) is 0 Å².